The van der Waals surface area contributed by atoms with Crippen LogP contribution in [-0.2, 0) is 13.5 Å². The van der Waals surface area contributed by atoms with E-state index in [-0.39, 0.29) is 6.04 Å². The van der Waals surface area contributed by atoms with E-state index in [9.17, 15) is 0 Å². The zero-order valence-electron chi connectivity index (χ0n) is 11.1. The maximum Gasteiger partial charge on any atom is 0.137 e. The summed E-state index contributed by atoms with van der Waals surface area (Å²) in [5.41, 5.74) is 6.80. The third kappa shape index (κ3) is 3.49. The van der Waals surface area contributed by atoms with Gasteiger partial charge >= 0.3 is 0 Å². The first-order valence-electron chi connectivity index (χ1n) is 6.22. The molecule has 2 aromatic rings. The second kappa shape index (κ2) is 6.08. The number of hydrogen-bond acceptors (Lipinski definition) is 3. The van der Waals surface area contributed by atoms with Crippen LogP contribution in [-0.4, -0.2) is 16.2 Å². The highest BCUT2D eigenvalue weighted by Gasteiger charge is 2.06. The van der Waals surface area contributed by atoms with Crippen molar-refractivity contribution in [2.45, 2.75) is 19.4 Å². The number of halogens is 1. The van der Waals surface area contributed by atoms with Crippen molar-refractivity contribution >= 4 is 11.6 Å². The fourth-order valence-corrected chi connectivity index (χ4v) is 2.05. The van der Waals surface area contributed by atoms with Crippen LogP contribution in [0, 0.1) is 0 Å². The molecule has 1 atom stereocenters. The van der Waals surface area contributed by atoms with Crippen molar-refractivity contribution in [3.05, 3.63) is 47.0 Å². The van der Waals surface area contributed by atoms with E-state index in [2.05, 4.69) is 4.98 Å². The summed E-state index contributed by atoms with van der Waals surface area (Å²) in [7, 11) is 1.97. The molecular weight excluding hydrogens is 262 g/mol. The predicted octanol–water partition coefficient (Wildman–Crippen LogP) is 2.71. The molecule has 4 nitrogen and oxygen atoms in total. The molecule has 19 heavy (non-hydrogen) atoms. The lowest BCUT2D eigenvalue weighted by Crippen LogP contribution is -2.07. The SMILES string of the molecule is C[C@H](N)c1ccc(OCCc2nccn2C)c(Cl)c1. The molecule has 0 saturated carbocycles. The van der Waals surface area contributed by atoms with Crippen LogP contribution in [0.4, 0.5) is 0 Å². The zero-order chi connectivity index (χ0) is 13.8. The van der Waals surface area contributed by atoms with Gasteiger partial charge in [-0.05, 0) is 24.6 Å². The molecule has 0 aliphatic carbocycles. The second-order valence-corrected chi connectivity index (χ2v) is 4.94. The van der Waals surface area contributed by atoms with Gasteiger partial charge in [-0.3, -0.25) is 0 Å². The van der Waals surface area contributed by atoms with Crippen molar-refractivity contribution in [2.24, 2.45) is 12.8 Å². The quantitative estimate of drug-likeness (QED) is 0.916. The molecule has 0 aliphatic heterocycles. The standard InChI is InChI=1S/C14H18ClN3O/c1-10(16)11-3-4-13(12(15)9-11)19-8-5-14-17-6-7-18(14)2/h3-4,6-7,9-10H,5,8,16H2,1-2H3/t10-/m0/s1. The van der Waals surface area contributed by atoms with Crippen LogP contribution in [0.2, 0.25) is 5.02 Å². The van der Waals surface area contributed by atoms with Gasteiger partial charge in [-0.25, -0.2) is 4.98 Å². The van der Waals surface area contributed by atoms with Crippen LogP contribution >= 0.6 is 11.6 Å². The van der Waals surface area contributed by atoms with Gasteiger partial charge in [0.25, 0.3) is 0 Å². The lowest BCUT2D eigenvalue weighted by molar-refractivity contribution is 0.317. The number of imidazole rings is 1. The Kier molecular flexibility index (Phi) is 4.45. The maximum absolute atomic E-state index is 6.16. The summed E-state index contributed by atoms with van der Waals surface area (Å²) < 4.78 is 7.65. The van der Waals surface area contributed by atoms with Gasteiger partial charge in [-0.1, -0.05) is 17.7 Å². The molecule has 0 unspecified atom stereocenters. The number of nitrogens with two attached hydrogens (primary N) is 1. The van der Waals surface area contributed by atoms with Crippen molar-refractivity contribution in [2.75, 3.05) is 6.61 Å². The molecule has 0 bridgehead atoms. The fraction of sp³-hybridized carbons (Fsp3) is 0.357. The van der Waals surface area contributed by atoms with Crippen molar-refractivity contribution in [3.8, 4) is 5.75 Å². The second-order valence-electron chi connectivity index (χ2n) is 4.53. The normalized spacial score (nSPS) is 12.4. The summed E-state index contributed by atoms with van der Waals surface area (Å²) >= 11 is 6.16. The summed E-state index contributed by atoms with van der Waals surface area (Å²) in [4.78, 5) is 4.24. The van der Waals surface area contributed by atoms with Crippen LogP contribution in [0.5, 0.6) is 5.75 Å². The first kappa shape index (κ1) is 13.9. The Labute approximate surface area is 118 Å². The van der Waals surface area contributed by atoms with E-state index in [1.54, 1.807) is 6.20 Å². The summed E-state index contributed by atoms with van der Waals surface area (Å²) in [6.45, 7) is 2.47. The average Bonchev–Trinajstić information content (AvgIpc) is 2.77. The van der Waals surface area contributed by atoms with Gasteiger partial charge in [0, 0.05) is 31.9 Å². The molecule has 0 aliphatic rings. The van der Waals surface area contributed by atoms with E-state index < -0.39 is 0 Å². The number of hydrogen-bond donors (Lipinski definition) is 1. The minimum atomic E-state index is -0.0286. The molecule has 2 rings (SSSR count). The van der Waals surface area contributed by atoms with Crippen molar-refractivity contribution in [1.82, 2.24) is 9.55 Å². The molecule has 0 fully saturated rings. The van der Waals surface area contributed by atoms with Gasteiger partial charge in [0.2, 0.25) is 0 Å². The minimum Gasteiger partial charge on any atom is -0.492 e. The maximum atomic E-state index is 6.16. The smallest absolute Gasteiger partial charge is 0.137 e. The summed E-state index contributed by atoms with van der Waals surface area (Å²) in [6, 6.07) is 5.62. The van der Waals surface area contributed by atoms with E-state index in [1.807, 2.05) is 42.9 Å². The molecule has 1 aromatic heterocycles. The predicted molar refractivity (Wildman–Crippen MR) is 76.5 cm³/mol. The molecule has 1 aromatic carbocycles. The number of ether oxygens (including phenoxy) is 1. The van der Waals surface area contributed by atoms with E-state index >= 15 is 0 Å². The first-order valence-corrected chi connectivity index (χ1v) is 6.59. The van der Waals surface area contributed by atoms with Gasteiger partial charge in [-0.15, -0.1) is 0 Å². The molecular formula is C14H18ClN3O. The first-order chi connectivity index (χ1) is 9.08. The lowest BCUT2D eigenvalue weighted by Gasteiger charge is -2.11. The van der Waals surface area contributed by atoms with Crippen molar-refractivity contribution in [1.29, 1.82) is 0 Å². The molecule has 1 heterocycles. The number of benzene rings is 1. The molecule has 0 spiro atoms. The fourth-order valence-electron chi connectivity index (χ4n) is 1.81. The van der Waals surface area contributed by atoms with Gasteiger partial charge in [0.15, 0.2) is 0 Å². The van der Waals surface area contributed by atoms with Crippen LogP contribution in [0.25, 0.3) is 0 Å². The third-order valence-corrected chi connectivity index (χ3v) is 3.28. The average molecular weight is 280 g/mol. The Morgan fingerprint density at radius 2 is 2.26 bits per heavy atom. The summed E-state index contributed by atoms with van der Waals surface area (Å²) in [5.74, 6) is 1.67. The Balaban J connectivity index is 1.95. The number of aromatic nitrogens is 2. The van der Waals surface area contributed by atoms with Crippen molar-refractivity contribution in [3.63, 3.8) is 0 Å². The van der Waals surface area contributed by atoms with E-state index in [4.69, 9.17) is 22.1 Å². The molecule has 2 N–H and O–H groups in total. The number of rotatable bonds is 5. The molecule has 5 heteroatoms. The molecule has 0 radical (unpaired) electrons. The van der Waals surface area contributed by atoms with Gasteiger partial charge in [0.05, 0.1) is 11.6 Å². The minimum absolute atomic E-state index is 0.0286. The van der Waals surface area contributed by atoms with E-state index in [0.717, 1.165) is 17.8 Å². The van der Waals surface area contributed by atoms with E-state index in [0.29, 0.717) is 17.4 Å². The zero-order valence-corrected chi connectivity index (χ0v) is 11.9. The lowest BCUT2D eigenvalue weighted by atomic mass is 10.1. The highest BCUT2D eigenvalue weighted by molar-refractivity contribution is 6.32. The Morgan fingerprint density at radius 3 is 2.84 bits per heavy atom. The Morgan fingerprint density at radius 1 is 1.47 bits per heavy atom. The summed E-state index contributed by atoms with van der Waals surface area (Å²) in [5, 5.41) is 0.592. The van der Waals surface area contributed by atoms with Gasteiger partial charge < -0.3 is 15.0 Å². The summed E-state index contributed by atoms with van der Waals surface area (Å²) in [6.07, 6.45) is 4.44. The number of nitrogens with zero attached hydrogens (tertiary/aromatic N) is 2. The Bertz CT molecular complexity index is 551. The molecule has 0 saturated heterocycles. The van der Waals surface area contributed by atoms with Crippen LogP contribution in [0.15, 0.2) is 30.6 Å². The van der Waals surface area contributed by atoms with E-state index in [1.165, 1.54) is 0 Å². The van der Waals surface area contributed by atoms with Crippen LogP contribution in [0.1, 0.15) is 24.4 Å². The van der Waals surface area contributed by atoms with Crippen molar-refractivity contribution < 1.29 is 4.74 Å². The highest BCUT2D eigenvalue weighted by Crippen LogP contribution is 2.27. The third-order valence-electron chi connectivity index (χ3n) is 2.99. The highest BCUT2D eigenvalue weighted by atomic mass is 35.5. The van der Waals surface area contributed by atoms with Crippen LogP contribution in [0.3, 0.4) is 0 Å². The van der Waals surface area contributed by atoms with Crippen LogP contribution < -0.4 is 10.5 Å². The molecule has 0 amide bonds. The topological polar surface area (TPSA) is 53.1 Å². The van der Waals surface area contributed by atoms with Gasteiger partial charge in [-0.2, -0.15) is 0 Å². The molecule has 102 valence electrons. The van der Waals surface area contributed by atoms with Gasteiger partial charge in [0.1, 0.15) is 11.6 Å². The largest absolute Gasteiger partial charge is 0.492 e. The monoisotopic (exact) mass is 279 g/mol. The Hall–Kier alpha value is -1.52. The number of aryl methyl sites for hydroxylation is 1.